The molecule has 1 rings (SSSR count). The van der Waals surface area contributed by atoms with Gasteiger partial charge < -0.3 is 10.3 Å². The molecule has 9 heavy (non-hydrogen) atoms. The highest BCUT2D eigenvalue weighted by Gasteiger charge is 2.07. The molecule has 1 heterocycles. The molecule has 1 amide bonds. The van der Waals surface area contributed by atoms with Crippen molar-refractivity contribution in [3.05, 3.63) is 17.5 Å². The second kappa shape index (κ2) is 1.89. The summed E-state index contributed by atoms with van der Waals surface area (Å²) in [4.78, 5) is 10.4. The van der Waals surface area contributed by atoms with E-state index in [1.807, 2.05) is 0 Å². The second-order valence-corrected chi connectivity index (χ2v) is 1.71. The van der Waals surface area contributed by atoms with Crippen molar-refractivity contribution < 1.29 is 9.32 Å². The molecular formula is C5H6N2O2. The van der Waals surface area contributed by atoms with Crippen LogP contribution in [0.15, 0.2) is 10.8 Å². The van der Waals surface area contributed by atoms with Crippen LogP contribution in [0.2, 0.25) is 0 Å². The number of primary amides is 1. The van der Waals surface area contributed by atoms with Gasteiger partial charge in [-0.15, -0.1) is 0 Å². The first-order chi connectivity index (χ1) is 4.22. The predicted octanol–water partition coefficient (Wildman–Crippen LogP) is 0.0819. The monoisotopic (exact) mass is 126 g/mol. The molecule has 0 aliphatic rings. The Morgan fingerprint density at radius 1 is 1.89 bits per heavy atom. The molecule has 1 aromatic rings. The standard InChI is InChI=1S/C5H6N2O2/c1-3-2-9-7-4(3)5(6)8/h2H,1H3,(H2,6,8). The van der Waals surface area contributed by atoms with Crippen LogP contribution in [-0.2, 0) is 0 Å². The van der Waals surface area contributed by atoms with Crippen LogP contribution in [-0.4, -0.2) is 11.1 Å². The van der Waals surface area contributed by atoms with Gasteiger partial charge in [0.25, 0.3) is 5.91 Å². The quantitative estimate of drug-likeness (QED) is 0.579. The fourth-order valence-corrected chi connectivity index (χ4v) is 0.525. The second-order valence-electron chi connectivity index (χ2n) is 1.71. The molecule has 0 aliphatic heterocycles. The minimum Gasteiger partial charge on any atom is -0.364 e. The van der Waals surface area contributed by atoms with Crippen molar-refractivity contribution in [2.24, 2.45) is 5.73 Å². The van der Waals surface area contributed by atoms with E-state index in [1.54, 1.807) is 6.92 Å². The van der Waals surface area contributed by atoms with Crippen molar-refractivity contribution >= 4 is 5.91 Å². The van der Waals surface area contributed by atoms with Gasteiger partial charge in [0.15, 0.2) is 5.69 Å². The van der Waals surface area contributed by atoms with Gasteiger partial charge in [-0.05, 0) is 6.92 Å². The highest BCUT2D eigenvalue weighted by molar-refractivity contribution is 5.91. The van der Waals surface area contributed by atoms with Crippen LogP contribution in [0, 0.1) is 6.92 Å². The minimum atomic E-state index is -0.554. The number of hydrogen-bond acceptors (Lipinski definition) is 3. The van der Waals surface area contributed by atoms with E-state index in [0.29, 0.717) is 5.56 Å². The number of rotatable bonds is 1. The summed E-state index contributed by atoms with van der Waals surface area (Å²) < 4.78 is 4.46. The molecule has 0 aliphatic carbocycles. The Bertz CT molecular complexity index is 229. The largest absolute Gasteiger partial charge is 0.364 e. The third-order valence-corrected chi connectivity index (χ3v) is 0.980. The highest BCUT2D eigenvalue weighted by Crippen LogP contribution is 2.01. The molecule has 1 aromatic heterocycles. The van der Waals surface area contributed by atoms with Crippen molar-refractivity contribution in [3.8, 4) is 0 Å². The van der Waals surface area contributed by atoms with Gasteiger partial charge in [0.05, 0.1) is 0 Å². The van der Waals surface area contributed by atoms with E-state index < -0.39 is 5.91 Å². The van der Waals surface area contributed by atoms with E-state index in [4.69, 9.17) is 5.73 Å². The number of nitrogens with zero attached hydrogens (tertiary/aromatic N) is 1. The molecule has 0 bridgehead atoms. The number of aryl methyl sites for hydroxylation is 1. The van der Waals surface area contributed by atoms with Crippen LogP contribution in [0.5, 0.6) is 0 Å². The summed E-state index contributed by atoms with van der Waals surface area (Å²) >= 11 is 0. The normalized spacial score (nSPS) is 9.44. The van der Waals surface area contributed by atoms with E-state index in [-0.39, 0.29) is 5.69 Å². The zero-order valence-electron chi connectivity index (χ0n) is 4.92. The minimum absolute atomic E-state index is 0.204. The predicted molar refractivity (Wildman–Crippen MR) is 29.8 cm³/mol. The van der Waals surface area contributed by atoms with Crippen molar-refractivity contribution in [2.45, 2.75) is 6.92 Å². The highest BCUT2D eigenvalue weighted by atomic mass is 16.5. The summed E-state index contributed by atoms with van der Waals surface area (Å²) in [5.41, 5.74) is 5.77. The number of carbonyl (C=O) groups excluding carboxylic acids is 1. The summed E-state index contributed by atoms with van der Waals surface area (Å²) in [7, 11) is 0. The zero-order chi connectivity index (χ0) is 6.85. The van der Waals surface area contributed by atoms with E-state index in [9.17, 15) is 4.79 Å². The maximum Gasteiger partial charge on any atom is 0.271 e. The average molecular weight is 126 g/mol. The Balaban J connectivity index is 3.08. The van der Waals surface area contributed by atoms with Crippen molar-refractivity contribution in [2.75, 3.05) is 0 Å². The Morgan fingerprint density at radius 3 is 2.78 bits per heavy atom. The van der Waals surface area contributed by atoms with Crippen LogP contribution < -0.4 is 5.73 Å². The van der Waals surface area contributed by atoms with Crippen LogP contribution >= 0.6 is 0 Å². The van der Waals surface area contributed by atoms with Gasteiger partial charge in [0.2, 0.25) is 0 Å². The van der Waals surface area contributed by atoms with Crippen LogP contribution in [0.4, 0.5) is 0 Å². The van der Waals surface area contributed by atoms with Gasteiger partial charge in [-0.2, -0.15) is 0 Å². The Labute approximate surface area is 51.6 Å². The van der Waals surface area contributed by atoms with Gasteiger partial charge in [0.1, 0.15) is 6.26 Å². The van der Waals surface area contributed by atoms with Gasteiger partial charge in [-0.3, -0.25) is 4.79 Å². The molecule has 0 saturated carbocycles. The lowest BCUT2D eigenvalue weighted by molar-refractivity contribution is 0.0991. The zero-order valence-corrected chi connectivity index (χ0v) is 4.92. The lowest BCUT2D eigenvalue weighted by Crippen LogP contribution is -2.12. The van der Waals surface area contributed by atoms with Crippen LogP contribution in [0.1, 0.15) is 16.1 Å². The van der Waals surface area contributed by atoms with E-state index in [2.05, 4.69) is 9.68 Å². The first kappa shape index (κ1) is 5.81. The molecule has 0 unspecified atom stereocenters. The molecule has 0 atom stereocenters. The van der Waals surface area contributed by atoms with Gasteiger partial charge in [-0.25, -0.2) is 0 Å². The third kappa shape index (κ3) is 0.910. The molecular weight excluding hydrogens is 120 g/mol. The summed E-state index contributed by atoms with van der Waals surface area (Å²) in [6.45, 7) is 1.70. The molecule has 48 valence electrons. The molecule has 4 nitrogen and oxygen atoms in total. The average Bonchev–Trinajstić information content (AvgIpc) is 2.13. The van der Waals surface area contributed by atoms with Crippen molar-refractivity contribution in [1.82, 2.24) is 5.16 Å². The summed E-state index contributed by atoms with van der Waals surface area (Å²) in [6.07, 6.45) is 1.38. The molecule has 0 aromatic carbocycles. The molecule has 0 radical (unpaired) electrons. The number of amides is 1. The summed E-state index contributed by atoms with van der Waals surface area (Å²) in [5.74, 6) is -0.554. The van der Waals surface area contributed by atoms with E-state index in [1.165, 1.54) is 6.26 Å². The summed E-state index contributed by atoms with van der Waals surface area (Å²) in [6, 6.07) is 0. The molecule has 2 N–H and O–H groups in total. The van der Waals surface area contributed by atoms with E-state index >= 15 is 0 Å². The number of hydrogen-bond donors (Lipinski definition) is 1. The Kier molecular flexibility index (Phi) is 1.22. The number of carbonyl (C=O) groups is 1. The molecule has 0 fully saturated rings. The number of nitrogens with two attached hydrogens (primary N) is 1. The Hall–Kier alpha value is -1.32. The molecule has 4 heteroatoms. The fraction of sp³-hybridized carbons (Fsp3) is 0.200. The van der Waals surface area contributed by atoms with Gasteiger partial charge >= 0.3 is 0 Å². The maximum absolute atomic E-state index is 10.4. The SMILES string of the molecule is Cc1conc1C(N)=O. The Morgan fingerprint density at radius 2 is 2.56 bits per heavy atom. The van der Waals surface area contributed by atoms with Gasteiger partial charge in [0, 0.05) is 5.56 Å². The van der Waals surface area contributed by atoms with Crippen LogP contribution in [0.3, 0.4) is 0 Å². The van der Waals surface area contributed by atoms with Crippen molar-refractivity contribution in [1.29, 1.82) is 0 Å². The molecule has 0 spiro atoms. The summed E-state index contributed by atoms with van der Waals surface area (Å²) in [5, 5.41) is 3.37. The van der Waals surface area contributed by atoms with E-state index in [0.717, 1.165) is 0 Å². The first-order valence-electron chi connectivity index (χ1n) is 2.42. The smallest absolute Gasteiger partial charge is 0.271 e. The number of aromatic nitrogens is 1. The van der Waals surface area contributed by atoms with Crippen LogP contribution in [0.25, 0.3) is 0 Å². The lowest BCUT2D eigenvalue weighted by Gasteiger charge is -1.83. The van der Waals surface area contributed by atoms with Gasteiger partial charge in [-0.1, -0.05) is 5.16 Å². The fourth-order valence-electron chi connectivity index (χ4n) is 0.525. The third-order valence-electron chi connectivity index (χ3n) is 0.980. The topological polar surface area (TPSA) is 69.1 Å². The first-order valence-corrected chi connectivity index (χ1v) is 2.42. The van der Waals surface area contributed by atoms with Crippen molar-refractivity contribution in [3.63, 3.8) is 0 Å². The lowest BCUT2D eigenvalue weighted by atomic mass is 10.3. The maximum atomic E-state index is 10.4. The molecule has 0 saturated heterocycles.